The Labute approximate surface area is 147 Å². The van der Waals surface area contributed by atoms with Crippen LogP contribution in [-0.2, 0) is 14.5 Å². The van der Waals surface area contributed by atoms with Gasteiger partial charge in [-0.1, -0.05) is 48.5 Å². The van der Waals surface area contributed by atoms with Gasteiger partial charge >= 0.3 is 6.09 Å². The molecule has 2 aromatic rings. The van der Waals surface area contributed by atoms with E-state index in [1.54, 1.807) is 0 Å². The lowest BCUT2D eigenvalue weighted by Gasteiger charge is -2.17. The van der Waals surface area contributed by atoms with Gasteiger partial charge in [0.2, 0.25) is 0 Å². The lowest BCUT2D eigenvalue weighted by molar-refractivity contribution is -0.273. The molecule has 0 saturated heterocycles. The van der Waals surface area contributed by atoms with Crippen molar-refractivity contribution in [1.82, 2.24) is 5.32 Å². The maximum absolute atomic E-state index is 12.1. The smallest absolute Gasteiger partial charge is 0.407 e. The summed E-state index contributed by atoms with van der Waals surface area (Å²) in [4.78, 5) is 21.4. The summed E-state index contributed by atoms with van der Waals surface area (Å²) in [6, 6.07) is 16.5. The fourth-order valence-electron chi connectivity index (χ4n) is 3.22. The molecule has 1 aliphatic carbocycles. The molecular formula is C20H23NO4. The van der Waals surface area contributed by atoms with Crippen LogP contribution in [0.2, 0.25) is 0 Å². The number of benzene rings is 2. The Morgan fingerprint density at radius 2 is 1.68 bits per heavy atom. The Morgan fingerprint density at radius 3 is 2.28 bits per heavy atom. The van der Waals surface area contributed by atoms with Crippen molar-refractivity contribution in [3.63, 3.8) is 0 Å². The van der Waals surface area contributed by atoms with Crippen molar-refractivity contribution in [3.8, 4) is 11.1 Å². The summed E-state index contributed by atoms with van der Waals surface area (Å²) in [5.74, 6) is 0.0743. The van der Waals surface area contributed by atoms with E-state index in [4.69, 9.17) is 9.62 Å². The Kier molecular flexibility index (Phi) is 5.68. The van der Waals surface area contributed by atoms with Crippen molar-refractivity contribution in [2.75, 3.05) is 20.3 Å². The van der Waals surface area contributed by atoms with Crippen LogP contribution in [0.5, 0.6) is 0 Å². The van der Waals surface area contributed by atoms with Gasteiger partial charge in [-0.2, -0.15) is 0 Å². The highest BCUT2D eigenvalue weighted by atomic mass is 17.2. The van der Waals surface area contributed by atoms with E-state index in [0.717, 1.165) is 0 Å². The van der Waals surface area contributed by atoms with Crippen molar-refractivity contribution in [2.24, 2.45) is 0 Å². The lowest BCUT2D eigenvalue weighted by Crippen LogP contribution is -2.34. The average molecular weight is 341 g/mol. The molecule has 0 radical (unpaired) electrons. The van der Waals surface area contributed by atoms with E-state index >= 15 is 0 Å². The molecule has 0 aromatic heterocycles. The fraction of sp³-hybridized carbons (Fsp3) is 0.350. The molecule has 1 N–H and O–H groups in total. The Morgan fingerprint density at radius 1 is 1.08 bits per heavy atom. The average Bonchev–Trinajstić information content (AvgIpc) is 2.94. The number of rotatable bonds is 7. The van der Waals surface area contributed by atoms with Crippen molar-refractivity contribution >= 4 is 6.09 Å². The SMILES string of the molecule is COOCCC(C)NC(=O)OCC1c2ccccc2-c2ccccc21. The van der Waals surface area contributed by atoms with Crippen LogP contribution in [0, 0.1) is 0 Å². The predicted molar refractivity (Wildman–Crippen MR) is 95.2 cm³/mol. The first-order valence-corrected chi connectivity index (χ1v) is 8.48. The van der Waals surface area contributed by atoms with Crippen molar-refractivity contribution in [1.29, 1.82) is 0 Å². The van der Waals surface area contributed by atoms with Gasteiger partial charge in [-0.25, -0.2) is 14.6 Å². The number of carbonyl (C=O) groups excluding carboxylic acids is 1. The molecule has 5 heteroatoms. The number of hydrogen-bond donors (Lipinski definition) is 1. The minimum absolute atomic E-state index is 0.0502. The summed E-state index contributed by atoms with van der Waals surface area (Å²) in [5, 5.41) is 2.81. The molecule has 1 unspecified atom stereocenters. The van der Waals surface area contributed by atoms with Gasteiger partial charge in [0, 0.05) is 12.0 Å². The van der Waals surface area contributed by atoms with E-state index in [-0.39, 0.29) is 12.0 Å². The third-order valence-corrected chi connectivity index (χ3v) is 4.46. The number of carbonyl (C=O) groups is 1. The molecule has 0 heterocycles. The maximum atomic E-state index is 12.1. The van der Waals surface area contributed by atoms with Crippen LogP contribution in [0.15, 0.2) is 48.5 Å². The van der Waals surface area contributed by atoms with Gasteiger partial charge in [-0.05, 0) is 35.6 Å². The number of nitrogens with one attached hydrogen (secondary N) is 1. The highest BCUT2D eigenvalue weighted by Crippen LogP contribution is 2.44. The van der Waals surface area contributed by atoms with E-state index in [1.165, 1.54) is 29.4 Å². The highest BCUT2D eigenvalue weighted by Gasteiger charge is 2.29. The van der Waals surface area contributed by atoms with Gasteiger partial charge < -0.3 is 10.1 Å². The summed E-state index contributed by atoms with van der Waals surface area (Å²) in [7, 11) is 1.46. The second-order valence-corrected chi connectivity index (χ2v) is 6.15. The van der Waals surface area contributed by atoms with Gasteiger partial charge in [-0.15, -0.1) is 0 Å². The van der Waals surface area contributed by atoms with Gasteiger partial charge in [0.25, 0.3) is 0 Å². The molecule has 1 amide bonds. The van der Waals surface area contributed by atoms with Gasteiger partial charge in [0.05, 0.1) is 13.7 Å². The van der Waals surface area contributed by atoms with Crippen LogP contribution < -0.4 is 5.32 Å². The lowest BCUT2D eigenvalue weighted by atomic mass is 9.98. The predicted octanol–water partition coefficient (Wildman–Crippen LogP) is 3.88. The summed E-state index contributed by atoms with van der Waals surface area (Å²) < 4.78 is 5.49. The molecule has 3 rings (SSSR count). The monoisotopic (exact) mass is 341 g/mol. The zero-order valence-electron chi connectivity index (χ0n) is 14.5. The Balaban J connectivity index is 1.61. The van der Waals surface area contributed by atoms with Gasteiger partial charge in [-0.3, -0.25) is 0 Å². The Hall–Kier alpha value is -2.37. The normalized spacial score (nSPS) is 13.8. The molecular weight excluding hydrogens is 318 g/mol. The van der Waals surface area contributed by atoms with Crippen molar-refractivity contribution < 1.29 is 19.3 Å². The molecule has 132 valence electrons. The number of alkyl carbamates (subject to hydrolysis) is 1. The number of fused-ring (bicyclic) bond motifs is 3. The maximum Gasteiger partial charge on any atom is 0.407 e. The summed E-state index contributed by atoms with van der Waals surface area (Å²) in [6.45, 7) is 2.64. The first-order valence-electron chi connectivity index (χ1n) is 8.48. The molecule has 1 aliphatic rings. The summed E-state index contributed by atoms with van der Waals surface area (Å²) in [6.07, 6.45) is 0.240. The minimum Gasteiger partial charge on any atom is -0.449 e. The Bertz CT molecular complexity index is 686. The molecule has 2 aromatic carbocycles. The van der Waals surface area contributed by atoms with Gasteiger partial charge in [0.15, 0.2) is 0 Å². The van der Waals surface area contributed by atoms with E-state index in [2.05, 4.69) is 34.5 Å². The molecule has 1 atom stereocenters. The standard InChI is InChI=1S/C20H23NO4/c1-14(11-12-25-23-2)21-20(22)24-13-19-17-9-5-3-7-15(17)16-8-4-6-10-18(16)19/h3-10,14,19H,11-13H2,1-2H3,(H,21,22). The third kappa shape index (κ3) is 4.00. The molecule has 0 spiro atoms. The van der Waals surface area contributed by atoms with Crippen LogP contribution >= 0.6 is 0 Å². The first kappa shape index (κ1) is 17.5. The minimum atomic E-state index is -0.410. The summed E-state index contributed by atoms with van der Waals surface area (Å²) in [5.41, 5.74) is 4.85. The number of ether oxygens (including phenoxy) is 1. The highest BCUT2D eigenvalue weighted by molar-refractivity contribution is 5.79. The van der Waals surface area contributed by atoms with Crippen molar-refractivity contribution in [3.05, 3.63) is 59.7 Å². The third-order valence-electron chi connectivity index (χ3n) is 4.46. The second kappa shape index (κ2) is 8.14. The van der Waals surface area contributed by atoms with E-state index in [9.17, 15) is 4.79 Å². The largest absolute Gasteiger partial charge is 0.449 e. The topological polar surface area (TPSA) is 56.8 Å². The van der Waals surface area contributed by atoms with E-state index < -0.39 is 6.09 Å². The van der Waals surface area contributed by atoms with Gasteiger partial charge in [0.1, 0.15) is 6.61 Å². The molecule has 0 fully saturated rings. The zero-order chi connectivity index (χ0) is 17.6. The second-order valence-electron chi connectivity index (χ2n) is 6.15. The number of hydrogen-bond acceptors (Lipinski definition) is 4. The van der Waals surface area contributed by atoms with Crippen LogP contribution in [0.3, 0.4) is 0 Å². The fourth-order valence-corrected chi connectivity index (χ4v) is 3.22. The van der Waals surface area contributed by atoms with Crippen LogP contribution in [0.25, 0.3) is 11.1 Å². The zero-order valence-corrected chi connectivity index (χ0v) is 14.5. The first-order chi connectivity index (χ1) is 12.2. The molecule has 0 bridgehead atoms. The van der Waals surface area contributed by atoms with Crippen LogP contribution in [0.1, 0.15) is 30.4 Å². The van der Waals surface area contributed by atoms with E-state index in [0.29, 0.717) is 19.6 Å². The molecule has 5 nitrogen and oxygen atoms in total. The molecule has 0 aliphatic heterocycles. The quantitative estimate of drug-likeness (QED) is 0.472. The van der Waals surface area contributed by atoms with Crippen molar-refractivity contribution in [2.45, 2.75) is 25.3 Å². The molecule has 0 saturated carbocycles. The van der Waals surface area contributed by atoms with Crippen LogP contribution in [0.4, 0.5) is 4.79 Å². The summed E-state index contributed by atoms with van der Waals surface area (Å²) >= 11 is 0. The molecule has 25 heavy (non-hydrogen) atoms. The van der Waals surface area contributed by atoms with E-state index in [1.807, 2.05) is 31.2 Å². The number of amides is 1. The van der Waals surface area contributed by atoms with Crippen LogP contribution in [-0.4, -0.2) is 32.5 Å².